The number of halogens is 1. The van der Waals surface area contributed by atoms with E-state index in [1.165, 1.54) is 28.6 Å². The summed E-state index contributed by atoms with van der Waals surface area (Å²) in [5.41, 5.74) is 2.98. The zero-order valence-corrected chi connectivity index (χ0v) is 20.1. The summed E-state index contributed by atoms with van der Waals surface area (Å²) in [5, 5.41) is 8.50. The second-order valence-electron chi connectivity index (χ2n) is 8.29. The van der Waals surface area contributed by atoms with Crippen LogP contribution in [0.25, 0.3) is 11.4 Å². The number of Topliss-reactive ketones (excluding diaryl/α,β-unsaturated/α-hetero) is 1. The first-order valence-corrected chi connectivity index (χ1v) is 12.1. The highest BCUT2D eigenvalue weighted by Gasteiger charge is 2.24. The quantitative estimate of drug-likeness (QED) is 0.236. The highest BCUT2D eigenvalue weighted by Crippen LogP contribution is 2.32. The number of hydrogen-bond acceptors (Lipinski definition) is 7. The predicted molar refractivity (Wildman–Crippen MR) is 131 cm³/mol. The summed E-state index contributed by atoms with van der Waals surface area (Å²) in [6.45, 7) is 4.90. The molecule has 0 bridgehead atoms. The Morgan fingerprint density at radius 2 is 1.94 bits per heavy atom. The maximum atomic E-state index is 13.6. The molecular weight excluding hydrogens is 469 g/mol. The summed E-state index contributed by atoms with van der Waals surface area (Å²) in [6, 6.07) is 15.4. The molecule has 0 fully saturated rings. The zero-order valence-electron chi connectivity index (χ0n) is 19.3. The van der Waals surface area contributed by atoms with Crippen molar-refractivity contribution >= 4 is 17.5 Å². The molecule has 5 rings (SSSR count). The lowest BCUT2D eigenvalue weighted by atomic mass is 10.2. The SMILES string of the molecule is Cc1cc(C(=O)CSc2nnc(-c3cccc(F)c3)n2N)c(C)n1C[C@H]1COc2ccccc2O1. The molecule has 2 aromatic carbocycles. The lowest BCUT2D eigenvalue weighted by Gasteiger charge is -2.27. The summed E-state index contributed by atoms with van der Waals surface area (Å²) < 4.78 is 28.8. The number of aromatic nitrogens is 4. The van der Waals surface area contributed by atoms with Gasteiger partial charge < -0.3 is 19.9 Å². The van der Waals surface area contributed by atoms with Gasteiger partial charge in [-0.15, -0.1) is 10.2 Å². The van der Waals surface area contributed by atoms with E-state index in [0.717, 1.165) is 22.9 Å². The second-order valence-corrected chi connectivity index (χ2v) is 9.23. The third kappa shape index (κ3) is 4.61. The topological polar surface area (TPSA) is 97.2 Å². The van der Waals surface area contributed by atoms with Crippen LogP contribution in [-0.4, -0.2) is 43.7 Å². The Hall–Kier alpha value is -3.79. The average Bonchev–Trinajstić information content (AvgIpc) is 3.36. The molecule has 0 saturated heterocycles. The van der Waals surface area contributed by atoms with Crippen LogP contribution in [0.1, 0.15) is 21.7 Å². The highest BCUT2D eigenvalue weighted by atomic mass is 32.2. The van der Waals surface area contributed by atoms with Crippen LogP contribution in [0.5, 0.6) is 11.5 Å². The Kier molecular flexibility index (Phi) is 6.21. The Morgan fingerprint density at radius 1 is 1.14 bits per heavy atom. The van der Waals surface area contributed by atoms with Crippen molar-refractivity contribution in [3.05, 3.63) is 77.4 Å². The van der Waals surface area contributed by atoms with E-state index in [9.17, 15) is 9.18 Å². The predicted octanol–water partition coefficient (Wildman–Crippen LogP) is 4.03. The van der Waals surface area contributed by atoms with Crippen LogP contribution in [0.3, 0.4) is 0 Å². The number of fused-ring (bicyclic) bond motifs is 1. The minimum atomic E-state index is -0.389. The molecule has 0 aliphatic carbocycles. The summed E-state index contributed by atoms with van der Waals surface area (Å²) in [5.74, 6) is 7.61. The Bertz CT molecular complexity index is 1400. The number of thioether (sulfide) groups is 1. The van der Waals surface area contributed by atoms with Crippen LogP contribution in [0.15, 0.2) is 59.8 Å². The van der Waals surface area contributed by atoms with Crippen molar-refractivity contribution in [2.45, 2.75) is 31.7 Å². The standard InChI is InChI=1S/C25H24FN5O3S/c1-15-10-20(16(2)30(15)12-19-13-33-22-8-3-4-9-23(22)34-19)21(32)14-35-25-29-28-24(31(25)27)17-6-5-7-18(26)11-17/h3-11,19H,12-14,27H2,1-2H3/t19-/m0/s1. The molecule has 8 nitrogen and oxygen atoms in total. The zero-order chi connectivity index (χ0) is 24.5. The first-order chi connectivity index (χ1) is 16.9. The Morgan fingerprint density at radius 3 is 2.74 bits per heavy atom. The first-order valence-electron chi connectivity index (χ1n) is 11.1. The van der Waals surface area contributed by atoms with Gasteiger partial charge in [-0.05, 0) is 44.2 Å². The average molecular weight is 494 g/mol. The van der Waals surface area contributed by atoms with E-state index in [1.54, 1.807) is 12.1 Å². The molecule has 2 aromatic heterocycles. The second kappa shape index (κ2) is 9.46. The first kappa shape index (κ1) is 23.0. The monoisotopic (exact) mass is 493 g/mol. The smallest absolute Gasteiger partial charge is 0.210 e. The number of hydrogen-bond donors (Lipinski definition) is 1. The maximum absolute atomic E-state index is 13.6. The number of ether oxygens (including phenoxy) is 2. The molecule has 35 heavy (non-hydrogen) atoms. The summed E-state index contributed by atoms with van der Waals surface area (Å²) in [7, 11) is 0. The third-order valence-electron chi connectivity index (χ3n) is 5.91. The fraction of sp³-hybridized carbons (Fsp3) is 0.240. The van der Waals surface area contributed by atoms with Crippen molar-refractivity contribution in [1.82, 2.24) is 19.4 Å². The van der Waals surface area contributed by atoms with Gasteiger partial charge in [0.2, 0.25) is 5.16 Å². The molecule has 4 aromatic rings. The minimum absolute atomic E-state index is 0.0455. The Balaban J connectivity index is 1.26. The molecule has 1 aliphatic rings. The number of ketones is 1. The number of benzene rings is 2. The number of carbonyl (C=O) groups excluding carboxylic acids is 1. The maximum Gasteiger partial charge on any atom is 0.210 e. The van der Waals surface area contributed by atoms with Gasteiger partial charge in [-0.3, -0.25) is 4.79 Å². The van der Waals surface area contributed by atoms with E-state index >= 15 is 0 Å². The van der Waals surface area contributed by atoms with Gasteiger partial charge in [0.15, 0.2) is 29.2 Å². The largest absolute Gasteiger partial charge is 0.486 e. The molecule has 3 heterocycles. The number of nitrogens with zero attached hydrogens (tertiary/aromatic N) is 4. The van der Waals surface area contributed by atoms with Crippen molar-refractivity contribution < 1.29 is 18.7 Å². The van der Waals surface area contributed by atoms with Gasteiger partial charge in [0.1, 0.15) is 12.4 Å². The molecule has 0 saturated carbocycles. The molecule has 0 unspecified atom stereocenters. The van der Waals surface area contributed by atoms with Crippen LogP contribution < -0.4 is 15.3 Å². The van der Waals surface area contributed by atoms with E-state index in [-0.39, 0.29) is 23.5 Å². The van der Waals surface area contributed by atoms with E-state index in [0.29, 0.717) is 35.3 Å². The fourth-order valence-corrected chi connectivity index (χ4v) is 4.87. The number of aryl methyl sites for hydroxylation is 1. The summed E-state index contributed by atoms with van der Waals surface area (Å²) in [6.07, 6.45) is -0.163. The highest BCUT2D eigenvalue weighted by molar-refractivity contribution is 7.99. The number of para-hydroxylation sites is 2. The third-order valence-corrected chi connectivity index (χ3v) is 6.85. The Labute approximate surface area is 205 Å². The van der Waals surface area contributed by atoms with Crippen molar-refractivity contribution in [2.24, 2.45) is 0 Å². The van der Waals surface area contributed by atoms with Gasteiger partial charge in [-0.1, -0.05) is 36.0 Å². The lowest BCUT2D eigenvalue weighted by Crippen LogP contribution is -2.33. The van der Waals surface area contributed by atoms with Gasteiger partial charge >= 0.3 is 0 Å². The van der Waals surface area contributed by atoms with Crippen LogP contribution in [0, 0.1) is 19.7 Å². The van der Waals surface area contributed by atoms with Crippen LogP contribution >= 0.6 is 11.8 Å². The van der Waals surface area contributed by atoms with Crippen LogP contribution in [-0.2, 0) is 6.54 Å². The molecule has 0 amide bonds. The summed E-state index contributed by atoms with van der Waals surface area (Å²) >= 11 is 1.19. The summed E-state index contributed by atoms with van der Waals surface area (Å²) in [4.78, 5) is 13.1. The van der Waals surface area contributed by atoms with E-state index in [2.05, 4.69) is 14.8 Å². The van der Waals surface area contributed by atoms with Crippen molar-refractivity contribution in [2.75, 3.05) is 18.2 Å². The molecule has 0 spiro atoms. The molecule has 180 valence electrons. The van der Waals surface area contributed by atoms with Crippen molar-refractivity contribution in [1.29, 1.82) is 0 Å². The molecule has 1 aliphatic heterocycles. The van der Waals surface area contributed by atoms with Gasteiger partial charge in [-0.25, -0.2) is 9.07 Å². The number of nitrogens with two attached hydrogens (primary N) is 1. The minimum Gasteiger partial charge on any atom is -0.486 e. The fourth-order valence-electron chi connectivity index (χ4n) is 4.13. The molecular formula is C25H24FN5O3S. The number of carbonyl (C=O) groups is 1. The molecule has 2 N–H and O–H groups in total. The molecule has 1 atom stereocenters. The number of rotatable bonds is 7. The lowest BCUT2D eigenvalue weighted by molar-refractivity contribution is 0.0777. The van der Waals surface area contributed by atoms with E-state index in [4.69, 9.17) is 15.3 Å². The normalized spacial score (nSPS) is 14.8. The van der Waals surface area contributed by atoms with Gasteiger partial charge in [0.25, 0.3) is 0 Å². The van der Waals surface area contributed by atoms with E-state index < -0.39 is 0 Å². The van der Waals surface area contributed by atoms with Crippen molar-refractivity contribution in [3.8, 4) is 22.9 Å². The van der Waals surface area contributed by atoms with Gasteiger partial charge in [-0.2, -0.15) is 0 Å². The van der Waals surface area contributed by atoms with Gasteiger partial charge in [0.05, 0.1) is 12.3 Å². The van der Waals surface area contributed by atoms with Gasteiger partial charge in [0, 0.05) is 22.5 Å². The molecule has 0 radical (unpaired) electrons. The molecule has 10 heteroatoms. The number of nitrogen functional groups attached to an aromatic ring is 1. The van der Waals surface area contributed by atoms with Crippen molar-refractivity contribution in [3.63, 3.8) is 0 Å². The van der Waals surface area contributed by atoms with Crippen LogP contribution in [0.4, 0.5) is 4.39 Å². The van der Waals surface area contributed by atoms with Crippen LogP contribution in [0.2, 0.25) is 0 Å². The van der Waals surface area contributed by atoms with E-state index in [1.807, 2.05) is 44.2 Å².